The minimum atomic E-state index is -1.74. The van der Waals surface area contributed by atoms with Gasteiger partial charge in [0.15, 0.2) is 31.5 Å². The predicted octanol–water partition coefficient (Wildman–Crippen LogP) is 5.89. The monoisotopic (exact) mass is 657 g/mol. The highest BCUT2D eigenvalue weighted by molar-refractivity contribution is 8.16. The third kappa shape index (κ3) is 6.50. The summed E-state index contributed by atoms with van der Waals surface area (Å²) in [6.45, 7) is 3.53. The minimum Gasteiger partial charge on any atom is -0.454 e. The second-order valence-electron chi connectivity index (χ2n) is 11.3. The number of thioether (sulfide) groups is 2. The Kier molecular flexibility index (Phi) is 10.1. The molecule has 0 aromatic heterocycles. The van der Waals surface area contributed by atoms with E-state index >= 15 is 4.79 Å². The van der Waals surface area contributed by atoms with E-state index in [0.29, 0.717) is 23.5 Å². The fourth-order valence-corrected chi connectivity index (χ4v) is 8.33. The Morgan fingerprint density at radius 1 is 0.891 bits per heavy atom. The number of hydrogen-bond donors (Lipinski definition) is 0. The van der Waals surface area contributed by atoms with Gasteiger partial charge < -0.3 is 19.3 Å². The van der Waals surface area contributed by atoms with Crippen LogP contribution in [0.15, 0.2) is 78.9 Å². The lowest BCUT2D eigenvalue weighted by atomic mass is 9.93. The van der Waals surface area contributed by atoms with Crippen molar-refractivity contribution in [2.75, 3.05) is 13.8 Å². The molecule has 5 rings (SSSR count). The number of carbonyl (C=O) groups is 4. The summed E-state index contributed by atoms with van der Waals surface area (Å²) >= 11 is 1.59. The van der Waals surface area contributed by atoms with Crippen LogP contribution in [0.25, 0.3) is 0 Å². The van der Waals surface area contributed by atoms with Gasteiger partial charge >= 0.3 is 0 Å². The lowest BCUT2D eigenvalue weighted by Gasteiger charge is -2.56. The molecule has 1 fully saturated rings. The maximum Gasteiger partial charge on any atom is 0.261 e. The zero-order valence-corrected chi connectivity index (χ0v) is 27.6. The number of rotatable bonds is 11. The van der Waals surface area contributed by atoms with E-state index in [9.17, 15) is 19.6 Å². The molecule has 1 saturated heterocycles. The van der Waals surface area contributed by atoms with Gasteiger partial charge in [-0.2, -0.15) is 5.26 Å². The second-order valence-corrected chi connectivity index (χ2v) is 14.1. The highest BCUT2D eigenvalue weighted by atomic mass is 32.2. The van der Waals surface area contributed by atoms with Crippen LogP contribution in [-0.4, -0.2) is 55.4 Å². The molecule has 2 amide bonds. The summed E-state index contributed by atoms with van der Waals surface area (Å²) < 4.78 is 11.1. The van der Waals surface area contributed by atoms with Crippen molar-refractivity contribution in [1.29, 1.82) is 5.26 Å². The molecule has 3 atom stereocenters. The van der Waals surface area contributed by atoms with Crippen LogP contribution < -0.4 is 9.47 Å². The molecule has 2 aliphatic heterocycles. The van der Waals surface area contributed by atoms with E-state index in [1.54, 1.807) is 19.1 Å². The summed E-state index contributed by atoms with van der Waals surface area (Å²) in [6, 6.07) is 25.1. The van der Waals surface area contributed by atoms with Gasteiger partial charge in [-0.15, -0.1) is 0 Å². The van der Waals surface area contributed by atoms with Crippen molar-refractivity contribution >= 4 is 45.6 Å². The first-order chi connectivity index (χ1) is 22.1. The molecule has 0 unspecified atom stereocenters. The van der Waals surface area contributed by atoms with Crippen LogP contribution in [0.4, 0.5) is 0 Å². The Hall–Kier alpha value is -4.27. The maximum atomic E-state index is 15.0. The topological polar surface area (TPSA) is 117 Å². The summed E-state index contributed by atoms with van der Waals surface area (Å²) in [5, 5.41) is 9.11. The second kappa shape index (κ2) is 14.0. The summed E-state index contributed by atoms with van der Waals surface area (Å²) in [7, 11) is 1.49. The van der Waals surface area contributed by atoms with Gasteiger partial charge in [-0.05, 0) is 65.7 Å². The number of amides is 2. The highest BCUT2D eigenvalue weighted by Gasteiger charge is 2.63. The van der Waals surface area contributed by atoms with Crippen LogP contribution in [0, 0.1) is 11.3 Å². The Labute approximate surface area is 277 Å². The standard InChI is InChI=1S/C35H35N3O6S2/c1-4-27(26-16-17-28-29(22-26)44-23-43-28)38-32(41)34(2,45-30(39)20-24-12-7-5-8-13-24)37(3)33(42)35(38,18-11-19-36)46-31(40)21-25-14-9-6-10-15-25/h5-10,12-17,22,27H,4,11,18,20-21,23H2,1-3H3/t27-,34+,35+/m1/s1. The first kappa shape index (κ1) is 33.1. The average molecular weight is 658 g/mol. The molecular formula is C35H35N3O6S2. The van der Waals surface area contributed by atoms with Crippen molar-refractivity contribution in [3.63, 3.8) is 0 Å². The van der Waals surface area contributed by atoms with E-state index in [4.69, 9.17) is 9.47 Å². The summed E-state index contributed by atoms with van der Waals surface area (Å²) in [5.74, 6) is 0.0582. The normalized spacial score (nSPS) is 21.2. The number of nitriles is 1. The van der Waals surface area contributed by atoms with Crippen LogP contribution in [-0.2, 0) is 32.0 Å². The van der Waals surface area contributed by atoms with Crippen molar-refractivity contribution in [1.82, 2.24) is 9.80 Å². The van der Waals surface area contributed by atoms with E-state index in [1.807, 2.05) is 73.7 Å². The number of likely N-dealkylation sites (N-methyl/N-ethyl adjacent to an activating group) is 1. The van der Waals surface area contributed by atoms with Crippen LogP contribution in [0.2, 0.25) is 0 Å². The number of hydrogen-bond acceptors (Lipinski definition) is 9. The van der Waals surface area contributed by atoms with E-state index in [-0.39, 0.29) is 42.7 Å². The fourth-order valence-electron chi connectivity index (χ4n) is 5.89. The molecule has 0 spiro atoms. The SMILES string of the molecule is CC[C@H](c1ccc2c(c1)OCO2)N1C(=O)[C@](C)(SC(=O)Cc2ccccc2)N(C)C(=O)[C@]1(CCC#N)SC(=O)Cc1ccccc1. The molecule has 0 bridgehead atoms. The van der Waals surface area contributed by atoms with Gasteiger partial charge in [0.05, 0.1) is 12.1 Å². The van der Waals surface area contributed by atoms with E-state index in [0.717, 1.165) is 34.7 Å². The zero-order chi connectivity index (χ0) is 32.9. The summed E-state index contributed by atoms with van der Waals surface area (Å²) in [6.07, 6.45) is 0.316. The number of ether oxygens (including phenoxy) is 2. The fraction of sp³-hybridized carbons (Fsp3) is 0.343. The molecule has 238 valence electrons. The van der Waals surface area contributed by atoms with Crippen LogP contribution in [0.1, 0.15) is 55.8 Å². The average Bonchev–Trinajstić information content (AvgIpc) is 3.53. The number of carbonyl (C=O) groups excluding carboxylic acids is 4. The maximum absolute atomic E-state index is 15.0. The third-order valence-electron chi connectivity index (χ3n) is 8.32. The molecule has 2 aliphatic rings. The Morgan fingerprint density at radius 2 is 1.48 bits per heavy atom. The molecule has 0 N–H and O–H groups in total. The van der Waals surface area contributed by atoms with Crippen molar-refractivity contribution in [2.24, 2.45) is 0 Å². The summed E-state index contributed by atoms with van der Waals surface area (Å²) in [5.41, 5.74) is 2.23. The van der Waals surface area contributed by atoms with Gasteiger partial charge in [0.25, 0.3) is 11.8 Å². The molecule has 11 heteroatoms. The molecule has 3 aromatic rings. The molecule has 0 radical (unpaired) electrons. The molecule has 9 nitrogen and oxygen atoms in total. The van der Waals surface area contributed by atoms with E-state index in [2.05, 4.69) is 6.07 Å². The Morgan fingerprint density at radius 3 is 2.07 bits per heavy atom. The van der Waals surface area contributed by atoms with Gasteiger partial charge in [0, 0.05) is 32.7 Å². The summed E-state index contributed by atoms with van der Waals surface area (Å²) in [4.78, 5) is 56.4. The molecule has 2 heterocycles. The van der Waals surface area contributed by atoms with Crippen LogP contribution in [0.3, 0.4) is 0 Å². The Balaban J connectivity index is 1.60. The van der Waals surface area contributed by atoms with Crippen LogP contribution in [0.5, 0.6) is 11.5 Å². The lowest BCUT2D eigenvalue weighted by Crippen LogP contribution is -2.73. The minimum absolute atomic E-state index is 0.0290. The van der Waals surface area contributed by atoms with Crippen LogP contribution >= 0.6 is 23.5 Å². The quantitative estimate of drug-likeness (QED) is 0.249. The largest absolute Gasteiger partial charge is 0.454 e. The molecule has 0 aliphatic carbocycles. The third-order valence-corrected chi connectivity index (χ3v) is 10.8. The van der Waals surface area contributed by atoms with E-state index < -0.39 is 27.6 Å². The van der Waals surface area contributed by atoms with Crippen molar-refractivity contribution in [2.45, 2.75) is 61.7 Å². The number of fused-ring (bicyclic) bond motifs is 1. The van der Waals surface area contributed by atoms with Gasteiger partial charge in [-0.1, -0.05) is 73.7 Å². The number of benzene rings is 3. The Bertz CT molecular complexity index is 1660. The zero-order valence-electron chi connectivity index (χ0n) is 25.9. The number of piperazine rings is 1. The van der Waals surface area contributed by atoms with Gasteiger partial charge in [-0.25, -0.2) is 0 Å². The van der Waals surface area contributed by atoms with Crippen molar-refractivity contribution < 1.29 is 28.7 Å². The van der Waals surface area contributed by atoms with Crippen molar-refractivity contribution in [3.8, 4) is 17.6 Å². The van der Waals surface area contributed by atoms with Gasteiger partial charge in [0.1, 0.15) is 0 Å². The molecule has 46 heavy (non-hydrogen) atoms. The van der Waals surface area contributed by atoms with Crippen molar-refractivity contribution in [3.05, 3.63) is 95.6 Å². The highest BCUT2D eigenvalue weighted by Crippen LogP contribution is 2.51. The smallest absolute Gasteiger partial charge is 0.261 e. The van der Waals surface area contributed by atoms with Gasteiger partial charge in [-0.3, -0.25) is 19.2 Å². The first-order valence-corrected chi connectivity index (χ1v) is 16.7. The van der Waals surface area contributed by atoms with E-state index in [1.165, 1.54) is 16.8 Å². The number of nitrogens with zero attached hydrogens (tertiary/aromatic N) is 3. The molecule has 3 aromatic carbocycles. The van der Waals surface area contributed by atoms with Gasteiger partial charge in [0.2, 0.25) is 6.79 Å². The molecule has 0 saturated carbocycles. The predicted molar refractivity (Wildman–Crippen MR) is 177 cm³/mol. The first-order valence-electron chi connectivity index (χ1n) is 15.0. The molecular weight excluding hydrogens is 623 g/mol. The lowest BCUT2D eigenvalue weighted by molar-refractivity contribution is -0.168.